The SMILES string of the molecule is CCN(C(=O)c1ccc(Cl)cn1)[C@H](c1cccnc1)C(C)C. The van der Waals surface area contributed by atoms with Crippen molar-refractivity contribution in [3.63, 3.8) is 0 Å². The molecular formula is C17H20ClN3O. The average molecular weight is 318 g/mol. The molecule has 116 valence electrons. The van der Waals surface area contributed by atoms with E-state index < -0.39 is 0 Å². The van der Waals surface area contributed by atoms with Gasteiger partial charge in [0.15, 0.2) is 0 Å². The normalized spacial score (nSPS) is 12.2. The van der Waals surface area contributed by atoms with Gasteiger partial charge in [0.1, 0.15) is 5.69 Å². The van der Waals surface area contributed by atoms with E-state index in [2.05, 4.69) is 23.8 Å². The van der Waals surface area contributed by atoms with Crippen molar-refractivity contribution in [3.05, 3.63) is 59.1 Å². The summed E-state index contributed by atoms with van der Waals surface area (Å²) < 4.78 is 0. The highest BCUT2D eigenvalue weighted by molar-refractivity contribution is 6.30. The van der Waals surface area contributed by atoms with Gasteiger partial charge in [-0.15, -0.1) is 0 Å². The van der Waals surface area contributed by atoms with E-state index in [-0.39, 0.29) is 17.9 Å². The molecule has 0 fully saturated rings. The lowest BCUT2D eigenvalue weighted by molar-refractivity contribution is 0.0630. The van der Waals surface area contributed by atoms with Crippen molar-refractivity contribution < 1.29 is 4.79 Å². The van der Waals surface area contributed by atoms with E-state index in [0.717, 1.165) is 5.56 Å². The molecule has 1 amide bonds. The van der Waals surface area contributed by atoms with Gasteiger partial charge in [-0.2, -0.15) is 0 Å². The first-order chi connectivity index (χ1) is 10.5. The van der Waals surface area contributed by atoms with Gasteiger partial charge in [0, 0.05) is 25.1 Å². The lowest BCUT2D eigenvalue weighted by atomic mass is 9.95. The summed E-state index contributed by atoms with van der Waals surface area (Å²) in [6, 6.07) is 7.20. The van der Waals surface area contributed by atoms with Crippen molar-refractivity contribution in [2.24, 2.45) is 5.92 Å². The van der Waals surface area contributed by atoms with Crippen molar-refractivity contribution >= 4 is 17.5 Å². The predicted molar refractivity (Wildman–Crippen MR) is 87.8 cm³/mol. The van der Waals surface area contributed by atoms with Gasteiger partial charge in [0.2, 0.25) is 0 Å². The van der Waals surface area contributed by atoms with Crippen molar-refractivity contribution in [2.75, 3.05) is 6.54 Å². The molecule has 0 bridgehead atoms. The molecule has 0 aliphatic rings. The van der Waals surface area contributed by atoms with Crippen LogP contribution in [0.5, 0.6) is 0 Å². The number of aromatic nitrogens is 2. The maximum absolute atomic E-state index is 12.8. The summed E-state index contributed by atoms with van der Waals surface area (Å²) in [6.07, 6.45) is 5.05. The molecule has 2 aromatic rings. The van der Waals surface area contributed by atoms with Gasteiger partial charge < -0.3 is 4.90 Å². The van der Waals surface area contributed by atoms with Crippen LogP contribution >= 0.6 is 11.6 Å². The molecule has 0 N–H and O–H groups in total. The maximum Gasteiger partial charge on any atom is 0.272 e. The van der Waals surface area contributed by atoms with Crippen LogP contribution in [0.2, 0.25) is 5.02 Å². The molecule has 22 heavy (non-hydrogen) atoms. The highest BCUT2D eigenvalue weighted by Crippen LogP contribution is 2.29. The third-order valence-corrected chi connectivity index (χ3v) is 3.76. The fourth-order valence-corrected chi connectivity index (χ4v) is 2.70. The number of halogens is 1. The minimum Gasteiger partial charge on any atom is -0.330 e. The fraction of sp³-hybridized carbons (Fsp3) is 0.353. The Balaban J connectivity index is 2.35. The second-order valence-electron chi connectivity index (χ2n) is 5.43. The highest BCUT2D eigenvalue weighted by atomic mass is 35.5. The Morgan fingerprint density at radius 3 is 2.55 bits per heavy atom. The number of pyridine rings is 2. The zero-order valence-corrected chi connectivity index (χ0v) is 13.8. The molecule has 2 heterocycles. The van der Waals surface area contributed by atoms with Crippen molar-refractivity contribution in [1.82, 2.24) is 14.9 Å². The van der Waals surface area contributed by atoms with Gasteiger partial charge >= 0.3 is 0 Å². The summed E-state index contributed by atoms with van der Waals surface area (Å²) >= 11 is 5.84. The lowest BCUT2D eigenvalue weighted by Crippen LogP contribution is -2.37. The number of carbonyl (C=O) groups is 1. The topological polar surface area (TPSA) is 46.1 Å². The van der Waals surface area contributed by atoms with Crippen LogP contribution < -0.4 is 0 Å². The van der Waals surface area contributed by atoms with Gasteiger partial charge in [-0.05, 0) is 36.6 Å². The van der Waals surface area contributed by atoms with Gasteiger partial charge in [-0.25, -0.2) is 4.98 Å². The average Bonchev–Trinajstić information content (AvgIpc) is 2.53. The van der Waals surface area contributed by atoms with E-state index >= 15 is 0 Å². The van der Waals surface area contributed by atoms with Gasteiger partial charge in [0.25, 0.3) is 5.91 Å². The fourth-order valence-electron chi connectivity index (χ4n) is 2.59. The smallest absolute Gasteiger partial charge is 0.272 e. The zero-order chi connectivity index (χ0) is 16.1. The first-order valence-electron chi connectivity index (χ1n) is 7.37. The molecular weight excluding hydrogens is 298 g/mol. The van der Waals surface area contributed by atoms with Crippen LogP contribution in [0.4, 0.5) is 0 Å². The number of amides is 1. The monoisotopic (exact) mass is 317 g/mol. The van der Waals surface area contributed by atoms with E-state index in [1.54, 1.807) is 18.3 Å². The Kier molecular flexibility index (Phi) is 5.50. The summed E-state index contributed by atoms with van der Waals surface area (Å²) in [7, 11) is 0. The number of hydrogen-bond acceptors (Lipinski definition) is 3. The Labute approximate surface area is 136 Å². The standard InChI is InChI=1S/C17H20ClN3O/c1-4-21(17(22)15-8-7-14(18)11-20-15)16(12(2)3)13-6-5-9-19-10-13/h5-12,16H,4H2,1-3H3/t16-/m0/s1. The number of hydrogen-bond donors (Lipinski definition) is 0. The van der Waals surface area contributed by atoms with Crippen LogP contribution in [0.1, 0.15) is 42.9 Å². The van der Waals surface area contributed by atoms with Gasteiger partial charge in [0.05, 0.1) is 11.1 Å². The highest BCUT2D eigenvalue weighted by Gasteiger charge is 2.28. The number of carbonyl (C=O) groups excluding carboxylic acids is 1. The molecule has 2 rings (SSSR count). The van der Waals surface area contributed by atoms with Crippen LogP contribution in [0, 0.1) is 5.92 Å². The quantitative estimate of drug-likeness (QED) is 0.837. The van der Waals surface area contributed by atoms with E-state index in [1.165, 1.54) is 6.20 Å². The second kappa shape index (κ2) is 7.36. The molecule has 1 atom stereocenters. The minimum absolute atomic E-state index is 0.0383. The largest absolute Gasteiger partial charge is 0.330 e. The van der Waals surface area contributed by atoms with Crippen LogP contribution in [0.25, 0.3) is 0 Å². The molecule has 0 saturated heterocycles. The third kappa shape index (κ3) is 3.63. The molecule has 0 unspecified atom stereocenters. The Hall–Kier alpha value is -1.94. The molecule has 5 heteroatoms. The third-order valence-electron chi connectivity index (χ3n) is 3.54. The summed E-state index contributed by atoms with van der Waals surface area (Å²) in [5, 5.41) is 0.521. The lowest BCUT2D eigenvalue weighted by Gasteiger charge is -2.33. The number of rotatable bonds is 5. The molecule has 2 aromatic heterocycles. The maximum atomic E-state index is 12.8. The predicted octanol–water partition coefficient (Wildman–Crippen LogP) is 3.99. The van der Waals surface area contributed by atoms with Gasteiger partial charge in [-0.3, -0.25) is 9.78 Å². The molecule has 0 aliphatic heterocycles. The minimum atomic E-state index is -0.0956. The molecule has 4 nitrogen and oxygen atoms in total. The molecule has 0 aliphatic carbocycles. The zero-order valence-electron chi connectivity index (χ0n) is 13.0. The summed E-state index contributed by atoms with van der Waals surface area (Å²) in [6.45, 7) is 6.77. The summed E-state index contributed by atoms with van der Waals surface area (Å²) in [5.74, 6) is 0.169. The molecule has 0 spiro atoms. The molecule has 0 aromatic carbocycles. The Morgan fingerprint density at radius 1 is 1.27 bits per heavy atom. The van der Waals surface area contributed by atoms with E-state index in [1.807, 2.05) is 30.2 Å². The van der Waals surface area contributed by atoms with Crippen molar-refractivity contribution in [1.29, 1.82) is 0 Å². The molecule has 0 saturated carbocycles. The van der Waals surface area contributed by atoms with Crippen molar-refractivity contribution in [3.8, 4) is 0 Å². The van der Waals surface area contributed by atoms with Crippen LogP contribution in [-0.2, 0) is 0 Å². The van der Waals surface area contributed by atoms with Crippen LogP contribution in [-0.4, -0.2) is 27.3 Å². The number of nitrogens with zero attached hydrogens (tertiary/aromatic N) is 3. The Bertz CT molecular complexity index is 614. The van der Waals surface area contributed by atoms with E-state index in [4.69, 9.17) is 11.6 Å². The van der Waals surface area contributed by atoms with E-state index in [9.17, 15) is 4.79 Å². The second-order valence-corrected chi connectivity index (χ2v) is 5.86. The first kappa shape index (κ1) is 16.4. The summed E-state index contributed by atoms with van der Waals surface area (Å²) in [4.78, 5) is 23.0. The first-order valence-corrected chi connectivity index (χ1v) is 7.74. The van der Waals surface area contributed by atoms with Crippen LogP contribution in [0.3, 0.4) is 0 Å². The van der Waals surface area contributed by atoms with E-state index in [0.29, 0.717) is 17.3 Å². The Morgan fingerprint density at radius 2 is 2.05 bits per heavy atom. The summed E-state index contributed by atoms with van der Waals surface area (Å²) in [5.41, 5.74) is 1.43. The van der Waals surface area contributed by atoms with Crippen molar-refractivity contribution in [2.45, 2.75) is 26.8 Å². The van der Waals surface area contributed by atoms with Gasteiger partial charge in [-0.1, -0.05) is 31.5 Å². The molecule has 0 radical (unpaired) electrons. The van der Waals surface area contributed by atoms with Crippen LogP contribution in [0.15, 0.2) is 42.9 Å².